The average Bonchev–Trinajstić information content (AvgIpc) is 3.02. The van der Waals surface area contributed by atoms with Gasteiger partial charge in [0, 0.05) is 17.8 Å². The molecule has 3 heterocycles. The molecule has 0 bridgehead atoms. The summed E-state index contributed by atoms with van der Waals surface area (Å²) in [6, 6.07) is 1.46. The molecule has 0 aromatic carbocycles. The lowest BCUT2D eigenvalue weighted by Crippen LogP contribution is -2.05. The second-order valence-electron chi connectivity index (χ2n) is 3.59. The molecule has 1 atom stereocenters. The Kier molecular flexibility index (Phi) is 1.76. The third-order valence-electron chi connectivity index (χ3n) is 2.35. The Morgan fingerprint density at radius 1 is 1.67 bits per heavy atom. The van der Waals surface area contributed by atoms with Crippen LogP contribution < -0.4 is 5.43 Å². The van der Waals surface area contributed by atoms with Crippen LogP contribution in [0.2, 0.25) is 0 Å². The Bertz CT molecular complexity index is 495. The number of hydrogen-bond donors (Lipinski definition) is 1. The molecule has 1 aromatic rings. The summed E-state index contributed by atoms with van der Waals surface area (Å²) >= 11 is 0. The molecule has 1 N–H and O–H groups in total. The third kappa shape index (κ3) is 1.70. The Morgan fingerprint density at radius 3 is 3.13 bits per heavy atom. The van der Waals surface area contributed by atoms with Gasteiger partial charge in [-0.05, 0) is 6.92 Å². The summed E-state index contributed by atoms with van der Waals surface area (Å²) in [5.41, 5.74) is 0.644. The Labute approximate surface area is 86.9 Å². The van der Waals surface area contributed by atoms with Crippen molar-refractivity contribution in [2.24, 2.45) is 4.99 Å². The van der Waals surface area contributed by atoms with E-state index in [2.05, 4.69) is 9.98 Å². The van der Waals surface area contributed by atoms with Gasteiger partial charge >= 0.3 is 14.4 Å². The normalized spacial score (nSPS) is 24.7. The summed E-state index contributed by atoms with van der Waals surface area (Å²) in [5.74, 6) is 1.19. The first-order valence-corrected chi connectivity index (χ1v) is 4.67. The fourth-order valence-corrected chi connectivity index (χ4v) is 1.30. The zero-order chi connectivity index (χ0) is 10.4. The fourth-order valence-electron chi connectivity index (χ4n) is 1.30. The lowest BCUT2D eigenvalue weighted by molar-refractivity contribution is 0.513. The molecule has 1 radical (unpaired) electrons. The van der Waals surface area contributed by atoms with Gasteiger partial charge in [-0.3, -0.25) is 4.79 Å². The standard InChI is InChI=1S/C8H7B2N2O3/c1-4-3-11-6(2-5(4)13)12-8-10(15-8)7-9-14-7/h2-3,7H,1H3,(H,11,13)/b12-8+. The molecule has 3 rings (SSSR count). The highest BCUT2D eigenvalue weighted by atomic mass is 16.6. The number of nitrogens with zero attached hydrogens (tertiary/aromatic N) is 1. The minimum absolute atomic E-state index is 0.0282. The van der Waals surface area contributed by atoms with Crippen molar-refractivity contribution in [3.8, 4) is 0 Å². The average molecular weight is 201 g/mol. The van der Waals surface area contributed by atoms with E-state index in [0.717, 1.165) is 0 Å². The van der Waals surface area contributed by atoms with Crippen LogP contribution in [0, 0.1) is 6.92 Å². The molecule has 7 heteroatoms. The van der Waals surface area contributed by atoms with E-state index in [-0.39, 0.29) is 18.2 Å². The van der Waals surface area contributed by atoms with E-state index in [4.69, 9.17) is 9.31 Å². The minimum Gasteiger partial charge on any atom is -0.544 e. The lowest BCUT2D eigenvalue weighted by Gasteiger charge is -1.92. The molecular weight excluding hydrogens is 194 g/mol. The van der Waals surface area contributed by atoms with Crippen molar-refractivity contribution in [2.45, 2.75) is 12.8 Å². The molecule has 0 spiro atoms. The van der Waals surface area contributed by atoms with E-state index >= 15 is 0 Å². The molecule has 73 valence electrons. The van der Waals surface area contributed by atoms with Crippen LogP contribution in [0.4, 0.5) is 5.82 Å². The zero-order valence-corrected chi connectivity index (χ0v) is 8.06. The van der Waals surface area contributed by atoms with Crippen LogP contribution in [0.3, 0.4) is 0 Å². The first-order valence-electron chi connectivity index (χ1n) is 4.67. The highest BCUT2D eigenvalue weighted by Gasteiger charge is 2.56. The zero-order valence-electron chi connectivity index (χ0n) is 8.06. The van der Waals surface area contributed by atoms with Crippen LogP contribution >= 0.6 is 0 Å². The first-order chi connectivity index (χ1) is 7.24. The summed E-state index contributed by atoms with van der Waals surface area (Å²) in [6.07, 6.45) is 1.64. The molecule has 1 unspecified atom stereocenters. The van der Waals surface area contributed by atoms with Crippen LogP contribution in [-0.2, 0) is 9.31 Å². The number of pyridine rings is 1. The number of aromatic nitrogens is 1. The quantitative estimate of drug-likeness (QED) is 0.531. The van der Waals surface area contributed by atoms with Crippen LogP contribution in [0.15, 0.2) is 22.1 Å². The molecule has 2 aliphatic heterocycles. The topological polar surface area (TPSA) is 70.3 Å². The van der Waals surface area contributed by atoms with Crippen molar-refractivity contribution < 1.29 is 9.31 Å². The van der Waals surface area contributed by atoms with Crippen LogP contribution in [0.25, 0.3) is 0 Å². The summed E-state index contributed by atoms with van der Waals surface area (Å²) in [5, 5.41) is 0. The molecule has 0 amide bonds. The Morgan fingerprint density at radius 2 is 2.47 bits per heavy atom. The maximum atomic E-state index is 11.3. The number of rotatable bonds is 2. The maximum Gasteiger partial charge on any atom is 0.474 e. The third-order valence-corrected chi connectivity index (χ3v) is 2.35. The predicted molar refractivity (Wildman–Crippen MR) is 56.4 cm³/mol. The predicted octanol–water partition coefficient (Wildman–Crippen LogP) is -0.211. The summed E-state index contributed by atoms with van der Waals surface area (Å²) in [7, 11) is 1.70. The van der Waals surface area contributed by atoms with Crippen molar-refractivity contribution in [3.05, 3.63) is 28.0 Å². The highest BCUT2D eigenvalue weighted by molar-refractivity contribution is 7.04. The molecule has 5 nitrogen and oxygen atoms in total. The highest BCUT2D eigenvalue weighted by Crippen LogP contribution is 2.25. The minimum atomic E-state index is -0.0465. The van der Waals surface area contributed by atoms with Gasteiger partial charge in [-0.25, -0.2) is 4.99 Å². The first kappa shape index (κ1) is 8.79. The van der Waals surface area contributed by atoms with E-state index < -0.39 is 0 Å². The van der Waals surface area contributed by atoms with Crippen LogP contribution in [0.1, 0.15) is 5.56 Å². The van der Waals surface area contributed by atoms with E-state index in [1.807, 2.05) is 0 Å². The fraction of sp³-hybridized carbons (Fsp3) is 0.250. The Balaban J connectivity index is 1.82. The van der Waals surface area contributed by atoms with Gasteiger partial charge in [0.25, 0.3) is 0 Å². The molecule has 2 saturated heterocycles. The van der Waals surface area contributed by atoms with E-state index in [1.165, 1.54) is 6.07 Å². The molecule has 0 saturated carbocycles. The number of H-pyrrole nitrogens is 1. The molecule has 15 heavy (non-hydrogen) atoms. The van der Waals surface area contributed by atoms with Gasteiger partial charge in [-0.1, -0.05) is 0 Å². The van der Waals surface area contributed by atoms with E-state index in [0.29, 0.717) is 17.2 Å². The van der Waals surface area contributed by atoms with Crippen molar-refractivity contribution >= 4 is 26.0 Å². The number of aryl methyl sites for hydroxylation is 1. The van der Waals surface area contributed by atoms with Crippen LogP contribution in [0.5, 0.6) is 0 Å². The number of nitrogens with one attached hydrogen (secondary N) is 1. The maximum absolute atomic E-state index is 11.3. The van der Waals surface area contributed by atoms with Crippen molar-refractivity contribution in [1.29, 1.82) is 0 Å². The van der Waals surface area contributed by atoms with Crippen molar-refractivity contribution in [3.63, 3.8) is 0 Å². The van der Waals surface area contributed by atoms with E-state index in [9.17, 15) is 4.79 Å². The lowest BCUT2D eigenvalue weighted by atomic mass is 9.65. The smallest absolute Gasteiger partial charge is 0.474 e. The van der Waals surface area contributed by atoms with Gasteiger partial charge in [-0.15, -0.1) is 0 Å². The Hall–Kier alpha value is -1.49. The molecule has 0 aliphatic carbocycles. The summed E-state index contributed by atoms with van der Waals surface area (Å²) in [4.78, 5) is 18.4. The SMILES string of the molecule is Cc1c[nH]c(/N=C2/OB2C2[B]O2)cc1=O. The van der Waals surface area contributed by atoms with Gasteiger partial charge < -0.3 is 14.3 Å². The number of aliphatic imine (C=N–C) groups is 1. The van der Waals surface area contributed by atoms with Gasteiger partial charge in [0.2, 0.25) is 0 Å². The van der Waals surface area contributed by atoms with E-state index in [1.54, 1.807) is 20.6 Å². The second-order valence-corrected chi connectivity index (χ2v) is 3.59. The van der Waals surface area contributed by atoms with Crippen molar-refractivity contribution in [1.82, 2.24) is 4.98 Å². The van der Waals surface area contributed by atoms with Gasteiger partial charge in [-0.2, -0.15) is 0 Å². The van der Waals surface area contributed by atoms with Crippen LogP contribution in [-0.4, -0.2) is 31.1 Å². The molecule has 2 fully saturated rings. The number of hydrogen-bond acceptors (Lipinski definition) is 4. The van der Waals surface area contributed by atoms with Gasteiger partial charge in [0.15, 0.2) is 11.2 Å². The molecule has 1 aromatic heterocycles. The monoisotopic (exact) mass is 201 g/mol. The second kappa shape index (κ2) is 3.00. The molecular formula is C8H7B2N2O3. The summed E-state index contributed by atoms with van der Waals surface area (Å²) < 4.78 is 10.1. The van der Waals surface area contributed by atoms with Gasteiger partial charge in [0.1, 0.15) is 5.82 Å². The number of aromatic amines is 1. The molecule has 2 aliphatic rings. The largest absolute Gasteiger partial charge is 0.544 e. The van der Waals surface area contributed by atoms with Gasteiger partial charge in [0.05, 0.1) is 5.90 Å². The summed E-state index contributed by atoms with van der Waals surface area (Å²) in [6.45, 7) is 1.70. The van der Waals surface area contributed by atoms with Crippen molar-refractivity contribution in [2.75, 3.05) is 0 Å².